The molecule has 1 aromatic heterocycles. The molecule has 0 aliphatic heterocycles. The summed E-state index contributed by atoms with van der Waals surface area (Å²) in [5.74, 6) is 2.89. The molecule has 0 aliphatic carbocycles. The maximum atomic E-state index is 10.5. The Morgan fingerprint density at radius 3 is 3.00 bits per heavy atom. The van der Waals surface area contributed by atoms with Gasteiger partial charge in [-0.1, -0.05) is 11.6 Å². The van der Waals surface area contributed by atoms with Gasteiger partial charge in [0.25, 0.3) is 5.69 Å². The Morgan fingerprint density at radius 1 is 1.62 bits per heavy atom. The summed E-state index contributed by atoms with van der Waals surface area (Å²) >= 11 is 5.65. The minimum atomic E-state index is -0.514. The van der Waals surface area contributed by atoms with Crippen molar-refractivity contribution in [2.24, 2.45) is 0 Å². The van der Waals surface area contributed by atoms with Crippen molar-refractivity contribution in [1.29, 1.82) is 0 Å². The third-order valence-corrected chi connectivity index (χ3v) is 1.99. The highest BCUT2D eigenvalue weighted by atomic mass is 35.5. The summed E-state index contributed by atoms with van der Waals surface area (Å²) < 4.78 is 0. The van der Waals surface area contributed by atoms with E-state index in [9.17, 15) is 10.1 Å². The standard InChI is InChI=1S/C10H10ClN3O2/c1-2-3-4-5-12-10-7-8(14(15)16)6-9(11)13-10/h1,6-7H,3-5H2,(H,12,13). The predicted octanol–water partition coefficient (Wildman–Crippen LogP) is 2.47. The first-order valence-corrected chi connectivity index (χ1v) is 5.00. The highest BCUT2D eigenvalue weighted by Gasteiger charge is 2.09. The minimum Gasteiger partial charge on any atom is -0.370 e. The summed E-state index contributed by atoms with van der Waals surface area (Å²) in [6.07, 6.45) is 6.52. The van der Waals surface area contributed by atoms with Gasteiger partial charge in [-0.25, -0.2) is 4.98 Å². The number of halogens is 1. The van der Waals surface area contributed by atoms with Crippen LogP contribution in [0.2, 0.25) is 5.15 Å². The number of aromatic nitrogens is 1. The van der Waals surface area contributed by atoms with E-state index in [0.717, 1.165) is 6.42 Å². The van der Waals surface area contributed by atoms with Crippen molar-refractivity contribution in [3.8, 4) is 12.3 Å². The second-order valence-electron chi connectivity index (χ2n) is 3.02. The largest absolute Gasteiger partial charge is 0.370 e. The van der Waals surface area contributed by atoms with E-state index in [1.165, 1.54) is 12.1 Å². The first-order chi connectivity index (χ1) is 7.63. The van der Waals surface area contributed by atoms with Crippen LogP contribution >= 0.6 is 11.6 Å². The summed E-state index contributed by atoms with van der Waals surface area (Å²) in [6, 6.07) is 2.54. The molecule has 0 amide bonds. The zero-order valence-electron chi connectivity index (χ0n) is 8.44. The molecule has 0 atom stereocenters. The number of rotatable bonds is 5. The summed E-state index contributed by atoms with van der Waals surface area (Å²) in [7, 11) is 0. The van der Waals surface area contributed by atoms with Gasteiger partial charge in [0, 0.05) is 13.0 Å². The Labute approximate surface area is 98.0 Å². The molecular weight excluding hydrogens is 230 g/mol. The van der Waals surface area contributed by atoms with Crippen LogP contribution < -0.4 is 5.32 Å². The molecule has 84 valence electrons. The van der Waals surface area contributed by atoms with Gasteiger partial charge in [0.05, 0.1) is 17.1 Å². The fraction of sp³-hybridized carbons (Fsp3) is 0.300. The molecular formula is C10H10ClN3O2. The van der Waals surface area contributed by atoms with Crippen molar-refractivity contribution in [3.05, 3.63) is 27.4 Å². The third-order valence-electron chi connectivity index (χ3n) is 1.79. The van der Waals surface area contributed by atoms with Gasteiger partial charge in [0.1, 0.15) is 11.0 Å². The number of hydrogen-bond acceptors (Lipinski definition) is 4. The van der Waals surface area contributed by atoms with Crippen molar-refractivity contribution in [2.75, 3.05) is 11.9 Å². The Bertz CT molecular complexity index is 429. The first-order valence-electron chi connectivity index (χ1n) is 4.63. The number of nitrogens with one attached hydrogen (secondary N) is 1. The van der Waals surface area contributed by atoms with Gasteiger partial charge in [-0.3, -0.25) is 10.1 Å². The summed E-state index contributed by atoms with van der Waals surface area (Å²) in [5.41, 5.74) is -0.0838. The van der Waals surface area contributed by atoms with Crippen LogP contribution in [0.1, 0.15) is 12.8 Å². The molecule has 0 saturated carbocycles. The SMILES string of the molecule is C#CCCCNc1cc([N+](=O)[O-])cc(Cl)n1. The highest BCUT2D eigenvalue weighted by Crippen LogP contribution is 2.20. The van der Waals surface area contributed by atoms with E-state index in [0.29, 0.717) is 18.8 Å². The third kappa shape index (κ3) is 3.75. The molecule has 1 aromatic rings. The van der Waals surface area contributed by atoms with Gasteiger partial charge in [-0.05, 0) is 6.42 Å². The molecule has 0 bridgehead atoms. The molecule has 6 heteroatoms. The van der Waals surface area contributed by atoms with Gasteiger partial charge < -0.3 is 5.32 Å². The lowest BCUT2D eigenvalue weighted by atomic mass is 10.3. The number of nitrogens with zero attached hydrogens (tertiary/aromatic N) is 2. The average molecular weight is 240 g/mol. The minimum absolute atomic E-state index is 0.0838. The highest BCUT2D eigenvalue weighted by molar-refractivity contribution is 6.29. The molecule has 0 unspecified atom stereocenters. The number of pyridine rings is 1. The molecule has 1 rings (SSSR count). The predicted molar refractivity (Wildman–Crippen MR) is 62.5 cm³/mol. The Morgan fingerprint density at radius 2 is 2.38 bits per heavy atom. The second-order valence-corrected chi connectivity index (χ2v) is 3.41. The molecule has 0 spiro atoms. The summed E-state index contributed by atoms with van der Waals surface area (Å²) in [5, 5.41) is 13.6. The van der Waals surface area contributed by atoms with Crippen molar-refractivity contribution >= 4 is 23.1 Å². The summed E-state index contributed by atoms with van der Waals surface area (Å²) in [4.78, 5) is 13.9. The van der Waals surface area contributed by atoms with Crippen LogP contribution in [0.25, 0.3) is 0 Å². The lowest BCUT2D eigenvalue weighted by Crippen LogP contribution is -2.03. The normalized spacial score (nSPS) is 9.50. The van der Waals surface area contributed by atoms with Crippen LogP contribution in [0.4, 0.5) is 11.5 Å². The van der Waals surface area contributed by atoms with Crippen LogP contribution in [-0.4, -0.2) is 16.5 Å². The number of terminal acetylenes is 1. The molecule has 0 fully saturated rings. The van der Waals surface area contributed by atoms with E-state index in [1.807, 2.05) is 0 Å². The molecule has 1 N–H and O–H groups in total. The topological polar surface area (TPSA) is 68.1 Å². The van der Waals surface area contributed by atoms with Gasteiger partial charge in [0.2, 0.25) is 0 Å². The molecule has 5 nitrogen and oxygen atoms in total. The van der Waals surface area contributed by atoms with Crippen LogP contribution in [0.3, 0.4) is 0 Å². The molecule has 0 saturated heterocycles. The monoisotopic (exact) mass is 239 g/mol. The fourth-order valence-corrected chi connectivity index (χ4v) is 1.29. The molecule has 16 heavy (non-hydrogen) atoms. The number of hydrogen-bond donors (Lipinski definition) is 1. The van der Waals surface area contributed by atoms with E-state index >= 15 is 0 Å². The van der Waals surface area contributed by atoms with E-state index in [-0.39, 0.29) is 10.8 Å². The molecule has 0 aliphatic rings. The van der Waals surface area contributed by atoms with Crippen molar-refractivity contribution in [3.63, 3.8) is 0 Å². The first kappa shape index (κ1) is 12.3. The average Bonchev–Trinajstić information content (AvgIpc) is 2.23. The smallest absolute Gasteiger partial charge is 0.276 e. The lowest BCUT2D eigenvalue weighted by Gasteiger charge is -2.04. The van der Waals surface area contributed by atoms with Crippen LogP contribution in [-0.2, 0) is 0 Å². The van der Waals surface area contributed by atoms with Gasteiger partial charge in [-0.15, -0.1) is 12.3 Å². The van der Waals surface area contributed by atoms with Gasteiger partial charge in [0.15, 0.2) is 0 Å². The Kier molecular flexibility index (Phi) is 4.55. The lowest BCUT2D eigenvalue weighted by molar-refractivity contribution is -0.384. The fourth-order valence-electron chi connectivity index (χ4n) is 1.09. The zero-order valence-corrected chi connectivity index (χ0v) is 9.20. The maximum absolute atomic E-state index is 10.5. The molecule has 1 heterocycles. The van der Waals surface area contributed by atoms with Gasteiger partial charge >= 0.3 is 0 Å². The van der Waals surface area contributed by atoms with Crippen LogP contribution in [0, 0.1) is 22.5 Å². The van der Waals surface area contributed by atoms with Gasteiger partial charge in [-0.2, -0.15) is 0 Å². The van der Waals surface area contributed by atoms with E-state index in [2.05, 4.69) is 16.2 Å². The Balaban J connectivity index is 2.66. The molecule has 0 radical (unpaired) electrons. The Hall–Kier alpha value is -1.80. The zero-order chi connectivity index (χ0) is 12.0. The van der Waals surface area contributed by atoms with Crippen LogP contribution in [0.5, 0.6) is 0 Å². The second kappa shape index (κ2) is 5.93. The maximum Gasteiger partial charge on any atom is 0.276 e. The summed E-state index contributed by atoms with van der Waals surface area (Å²) in [6.45, 7) is 0.606. The van der Waals surface area contributed by atoms with Crippen molar-refractivity contribution in [2.45, 2.75) is 12.8 Å². The number of unbranched alkanes of at least 4 members (excludes halogenated alkanes) is 1. The van der Waals surface area contributed by atoms with Crippen molar-refractivity contribution in [1.82, 2.24) is 4.98 Å². The van der Waals surface area contributed by atoms with E-state index in [4.69, 9.17) is 18.0 Å². The van der Waals surface area contributed by atoms with Crippen molar-refractivity contribution < 1.29 is 4.92 Å². The molecule has 0 aromatic carbocycles. The van der Waals surface area contributed by atoms with E-state index in [1.54, 1.807) is 0 Å². The number of nitro groups is 1. The van der Waals surface area contributed by atoms with Crippen LogP contribution in [0.15, 0.2) is 12.1 Å². The quantitative estimate of drug-likeness (QED) is 0.282. The number of anilines is 1. The van der Waals surface area contributed by atoms with E-state index < -0.39 is 4.92 Å².